The Balaban J connectivity index is 3.53. The number of benzene rings is 1. The number of nitrogens with zero attached hydrogens (tertiary/aromatic N) is 1. The lowest BCUT2D eigenvalue weighted by Gasteiger charge is -2.09. The van der Waals surface area contributed by atoms with E-state index in [4.69, 9.17) is 57.3 Å². The summed E-state index contributed by atoms with van der Waals surface area (Å²) in [4.78, 5) is -0.140. The van der Waals surface area contributed by atoms with Crippen LogP contribution < -0.4 is 5.73 Å². The van der Waals surface area contributed by atoms with Crippen molar-refractivity contribution in [2.24, 2.45) is 10.9 Å². The quantitative estimate of drug-likeness (QED) is 0.218. The van der Waals surface area contributed by atoms with Crippen molar-refractivity contribution < 1.29 is 5.21 Å². The molecule has 0 aliphatic heterocycles. The van der Waals surface area contributed by atoms with Crippen molar-refractivity contribution in [3.05, 3.63) is 31.7 Å². The lowest BCUT2D eigenvalue weighted by atomic mass is 10.1. The molecule has 0 atom stereocenters. The normalized spacial score (nSPS) is 11.6. The van der Waals surface area contributed by atoms with Crippen LogP contribution in [-0.2, 0) is 0 Å². The zero-order valence-corrected chi connectivity index (χ0v) is 11.3. The third-order valence-corrected chi connectivity index (χ3v) is 3.64. The molecule has 3 N–H and O–H groups in total. The van der Waals surface area contributed by atoms with E-state index in [0.717, 1.165) is 0 Å². The van der Waals surface area contributed by atoms with Crippen molar-refractivity contribution in [3.8, 4) is 0 Å². The largest absolute Gasteiger partial charge is 0.410 e. The van der Waals surface area contributed by atoms with Crippen LogP contribution in [0.4, 0.5) is 0 Å². The Hall–Kier alpha value is -0.260. The van der Waals surface area contributed by atoms with Gasteiger partial charge in [-0.3, -0.25) is 0 Å². The third kappa shape index (κ3) is 2.52. The van der Waals surface area contributed by atoms with Crippen molar-refractivity contribution in [1.82, 2.24) is 0 Å². The Morgan fingerprint density at radius 2 is 1.75 bits per heavy atom. The minimum absolute atomic E-state index is 0.0447. The highest BCUT2D eigenvalue weighted by molar-refractivity contribution is 7.82. The molecule has 0 aromatic heterocycles. The summed E-state index contributed by atoms with van der Waals surface area (Å²) in [7, 11) is 0. The van der Waals surface area contributed by atoms with Crippen molar-refractivity contribution >= 4 is 69.3 Å². The van der Waals surface area contributed by atoms with E-state index in [1.807, 2.05) is 0 Å². The highest BCUT2D eigenvalue weighted by Crippen LogP contribution is 2.38. The molecule has 0 fully saturated rings. The van der Waals surface area contributed by atoms with Gasteiger partial charge in [-0.05, 0) is 6.07 Å². The van der Waals surface area contributed by atoms with Gasteiger partial charge in [0.15, 0.2) is 0 Å². The Labute approximate surface area is 117 Å². The molecule has 0 amide bonds. The van der Waals surface area contributed by atoms with Crippen LogP contribution in [-0.4, -0.2) is 15.9 Å². The first kappa shape index (κ1) is 13.8. The lowest BCUT2D eigenvalue weighted by Crippen LogP contribution is -2.22. The van der Waals surface area contributed by atoms with Gasteiger partial charge in [0.25, 0.3) is 0 Å². The fourth-order valence-corrected chi connectivity index (χ4v) is 2.02. The van der Waals surface area contributed by atoms with Gasteiger partial charge >= 0.3 is 0 Å². The van der Waals surface area contributed by atoms with Crippen LogP contribution in [0.15, 0.2) is 11.2 Å². The number of nitrogens with two attached hydrogens (primary N) is 1. The van der Waals surface area contributed by atoms with Crippen molar-refractivity contribution in [2.75, 3.05) is 0 Å². The Morgan fingerprint density at radius 1 is 1.19 bits per heavy atom. The van der Waals surface area contributed by atoms with Gasteiger partial charge in [-0.1, -0.05) is 63.8 Å². The molecule has 86 valence electrons. The number of thiocarbonyl (C=S) groups is 1. The van der Waals surface area contributed by atoms with E-state index in [9.17, 15) is 0 Å². The molecule has 8 heteroatoms. The SMILES string of the molecule is NC(=S)C(=NO)c1cc(Cl)c(Cl)c(Cl)c1Cl. The molecule has 0 saturated carbocycles. The minimum atomic E-state index is -0.140. The van der Waals surface area contributed by atoms with E-state index < -0.39 is 0 Å². The zero-order chi connectivity index (χ0) is 12.5. The molecule has 0 bridgehead atoms. The van der Waals surface area contributed by atoms with Crippen LogP contribution in [0.5, 0.6) is 0 Å². The molecular weight excluding hydrogens is 314 g/mol. The summed E-state index contributed by atoms with van der Waals surface area (Å²) in [6.07, 6.45) is 0. The summed E-state index contributed by atoms with van der Waals surface area (Å²) in [5.74, 6) is 0. The summed E-state index contributed by atoms with van der Waals surface area (Å²) < 4.78 is 0. The molecule has 0 unspecified atom stereocenters. The van der Waals surface area contributed by atoms with Crippen molar-refractivity contribution in [2.45, 2.75) is 0 Å². The highest BCUT2D eigenvalue weighted by Gasteiger charge is 2.18. The predicted octanol–water partition coefficient (Wildman–Crippen LogP) is 3.76. The summed E-state index contributed by atoms with van der Waals surface area (Å²) in [5, 5.41) is 12.1. The van der Waals surface area contributed by atoms with Gasteiger partial charge in [0, 0.05) is 5.56 Å². The van der Waals surface area contributed by atoms with Crippen LogP contribution in [0.25, 0.3) is 0 Å². The summed E-state index contributed by atoms with van der Waals surface area (Å²) >= 11 is 28.0. The van der Waals surface area contributed by atoms with Gasteiger partial charge in [-0.2, -0.15) is 0 Å². The average Bonchev–Trinajstić information content (AvgIpc) is 2.23. The first-order valence-electron chi connectivity index (χ1n) is 3.75. The maximum Gasteiger partial charge on any atom is 0.145 e. The number of rotatable bonds is 2. The predicted molar refractivity (Wildman–Crippen MR) is 71.6 cm³/mol. The number of halogens is 4. The van der Waals surface area contributed by atoms with Gasteiger partial charge < -0.3 is 10.9 Å². The molecule has 3 nitrogen and oxygen atoms in total. The summed E-state index contributed by atoms with van der Waals surface area (Å²) in [6.45, 7) is 0. The van der Waals surface area contributed by atoms with E-state index in [1.54, 1.807) is 0 Å². The fourth-order valence-electron chi connectivity index (χ4n) is 0.981. The monoisotopic (exact) mass is 316 g/mol. The second kappa shape index (κ2) is 5.38. The Kier molecular flexibility index (Phi) is 4.64. The fraction of sp³-hybridized carbons (Fsp3) is 0. The average molecular weight is 318 g/mol. The lowest BCUT2D eigenvalue weighted by molar-refractivity contribution is 0.320. The van der Waals surface area contributed by atoms with E-state index in [2.05, 4.69) is 17.4 Å². The molecule has 0 aliphatic rings. The smallest absolute Gasteiger partial charge is 0.145 e. The number of hydrogen-bond acceptors (Lipinski definition) is 3. The molecule has 0 heterocycles. The van der Waals surface area contributed by atoms with Crippen LogP contribution in [0.2, 0.25) is 20.1 Å². The Morgan fingerprint density at radius 3 is 2.19 bits per heavy atom. The van der Waals surface area contributed by atoms with E-state index in [1.165, 1.54) is 6.07 Å². The number of hydrogen-bond donors (Lipinski definition) is 2. The molecule has 0 spiro atoms. The third-order valence-electron chi connectivity index (χ3n) is 1.69. The molecule has 0 aliphatic carbocycles. The molecule has 0 saturated heterocycles. The van der Waals surface area contributed by atoms with Crippen LogP contribution in [0.1, 0.15) is 5.56 Å². The van der Waals surface area contributed by atoms with Gasteiger partial charge in [-0.25, -0.2) is 0 Å². The minimum Gasteiger partial charge on any atom is -0.410 e. The maximum atomic E-state index is 8.77. The van der Waals surface area contributed by atoms with Gasteiger partial charge in [0.2, 0.25) is 0 Å². The van der Waals surface area contributed by atoms with Gasteiger partial charge in [0.05, 0.1) is 20.1 Å². The van der Waals surface area contributed by atoms with Crippen molar-refractivity contribution in [3.63, 3.8) is 0 Å². The second-order valence-electron chi connectivity index (χ2n) is 2.66. The first-order chi connectivity index (χ1) is 7.40. The molecule has 0 radical (unpaired) electrons. The zero-order valence-electron chi connectivity index (χ0n) is 7.47. The highest BCUT2D eigenvalue weighted by atomic mass is 35.5. The summed E-state index contributed by atoms with van der Waals surface area (Å²) in [5.41, 5.74) is 5.48. The van der Waals surface area contributed by atoms with Crippen LogP contribution in [0, 0.1) is 0 Å². The standard InChI is InChI=1S/C8H4Cl4N2OS/c9-3-1-2(7(14-15)8(13)16)4(10)6(12)5(3)11/h1,15H,(H2,13,16). The molecule has 1 rings (SSSR count). The first-order valence-corrected chi connectivity index (χ1v) is 5.67. The summed E-state index contributed by atoms with van der Waals surface area (Å²) in [6, 6.07) is 1.37. The molecule has 16 heavy (non-hydrogen) atoms. The second-order valence-corrected chi connectivity index (χ2v) is 4.64. The number of oxime groups is 1. The molecule has 1 aromatic carbocycles. The van der Waals surface area contributed by atoms with Crippen LogP contribution >= 0.6 is 58.6 Å². The van der Waals surface area contributed by atoms with Gasteiger partial charge in [0.1, 0.15) is 10.7 Å². The van der Waals surface area contributed by atoms with Crippen LogP contribution in [0.3, 0.4) is 0 Å². The van der Waals surface area contributed by atoms with E-state index in [0.29, 0.717) is 0 Å². The molecule has 1 aromatic rings. The topological polar surface area (TPSA) is 58.6 Å². The van der Waals surface area contributed by atoms with E-state index >= 15 is 0 Å². The van der Waals surface area contributed by atoms with E-state index in [-0.39, 0.29) is 36.4 Å². The Bertz CT molecular complexity index is 489. The maximum absolute atomic E-state index is 8.77. The van der Waals surface area contributed by atoms with Gasteiger partial charge in [-0.15, -0.1) is 0 Å². The van der Waals surface area contributed by atoms with Crippen molar-refractivity contribution in [1.29, 1.82) is 0 Å². The molecular formula is C8H4Cl4N2OS.